The molecular formula is C14H9F2N3. The number of aromatic nitrogens is 2. The predicted molar refractivity (Wildman–Crippen MR) is 69.3 cm³/mol. The molecule has 0 atom stereocenters. The summed E-state index contributed by atoms with van der Waals surface area (Å²) < 4.78 is 26.8. The third-order valence-corrected chi connectivity index (χ3v) is 2.90. The molecule has 0 amide bonds. The summed E-state index contributed by atoms with van der Waals surface area (Å²) in [6, 6.07) is 10.5. The number of nitrogens with two attached hydrogens (primary N) is 1. The Bertz CT molecular complexity index is 772. The minimum absolute atomic E-state index is 0.199. The van der Waals surface area contributed by atoms with Gasteiger partial charge in [0.25, 0.3) is 0 Å². The molecule has 0 aliphatic carbocycles. The van der Waals surface area contributed by atoms with E-state index in [0.717, 1.165) is 6.07 Å². The van der Waals surface area contributed by atoms with Gasteiger partial charge in [0.1, 0.15) is 17.3 Å². The van der Waals surface area contributed by atoms with Gasteiger partial charge < -0.3 is 5.73 Å². The summed E-state index contributed by atoms with van der Waals surface area (Å²) >= 11 is 0. The van der Waals surface area contributed by atoms with Gasteiger partial charge in [-0.3, -0.25) is 0 Å². The first-order valence-electron chi connectivity index (χ1n) is 5.63. The largest absolute Gasteiger partial charge is 0.382 e. The molecule has 1 heterocycles. The van der Waals surface area contributed by atoms with E-state index < -0.39 is 11.6 Å². The molecule has 2 N–H and O–H groups in total. The Morgan fingerprint density at radius 3 is 2.37 bits per heavy atom. The van der Waals surface area contributed by atoms with Crippen molar-refractivity contribution in [3.8, 4) is 11.3 Å². The molecule has 2 aromatic carbocycles. The van der Waals surface area contributed by atoms with Crippen molar-refractivity contribution in [1.29, 1.82) is 0 Å². The van der Waals surface area contributed by atoms with E-state index in [2.05, 4.69) is 10.2 Å². The maximum absolute atomic E-state index is 13.8. The van der Waals surface area contributed by atoms with Crippen molar-refractivity contribution >= 4 is 16.6 Å². The molecule has 3 rings (SSSR count). The highest BCUT2D eigenvalue weighted by atomic mass is 19.1. The SMILES string of the molecule is Nc1nnc(-c2ccc(F)cc2F)c2ccccc12. The van der Waals surface area contributed by atoms with Crippen LogP contribution in [0.4, 0.5) is 14.6 Å². The second-order valence-corrected chi connectivity index (χ2v) is 4.10. The summed E-state index contributed by atoms with van der Waals surface area (Å²) in [5.41, 5.74) is 6.29. The Morgan fingerprint density at radius 2 is 1.63 bits per heavy atom. The highest BCUT2D eigenvalue weighted by Crippen LogP contribution is 2.30. The molecule has 0 bridgehead atoms. The summed E-state index contributed by atoms with van der Waals surface area (Å²) in [6.07, 6.45) is 0. The lowest BCUT2D eigenvalue weighted by Crippen LogP contribution is -1.98. The minimum atomic E-state index is -0.677. The summed E-state index contributed by atoms with van der Waals surface area (Å²) in [6.45, 7) is 0. The average Bonchev–Trinajstić information content (AvgIpc) is 2.41. The van der Waals surface area contributed by atoms with Crippen molar-refractivity contribution < 1.29 is 8.78 Å². The zero-order valence-corrected chi connectivity index (χ0v) is 9.77. The second kappa shape index (κ2) is 4.28. The Labute approximate surface area is 107 Å². The molecule has 1 aromatic heterocycles. The summed E-state index contributed by atoms with van der Waals surface area (Å²) in [5.74, 6) is -1.03. The number of hydrogen-bond acceptors (Lipinski definition) is 3. The number of fused-ring (bicyclic) bond motifs is 1. The lowest BCUT2D eigenvalue weighted by Gasteiger charge is -2.07. The lowest BCUT2D eigenvalue weighted by molar-refractivity contribution is 0.585. The van der Waals surface area contributed by atoms with Gasteiger partial charge in [-0.15, -0.1) is 10.2 Å². The third kappa shape index (κ3) is 1.89. The van der Waals surface area contributed by atoms with Crippen LogP contribution >= 0.6 is 0 Å². The van der Waals surface area contributed by atoms with E-state index in [1.54, 1.807) is 18.2 Å². The second-order valence-electron chi connectivity index (χ2n) is 4.10. The normalized spacial score (nSPS) is 10.8. The average molecular weight is 257 g/mol. The van der Waals surface area contributed by atoms with Gasteiger partial charge in [0.15, 0.2) is 5.82 Å². The molecule has 19 heavy (non-hydrogen) atoms. The number of nitrogens with zero attached hydrogens (tertiary/aromatic N) is 2. The van der Waals surface area contributed by atoms with Crippen LogP contribution in [-0.4, -0.2) is 10.2 Å². The van der Waals surface area contributed by atoms with Crippen LogP contribution in [0.1, 0.15) is 0 Å². The van der Waals surface area contributed by atoms with Crippen LogP contribution in [0, 0.1) is 11.6 Å². The topological polar surface area (TPSA) is 51.8 Å². The smallest absolute Gasteiger partial charge is 0.154 e. The van der Waals surface area contributed by atoms with Crippen LogP contribution < -0.4 is 5.73 Å². The summed E-state index contributed by atoms with van der Waals surface area (Å²) in [5, 5.41) is 9.12. The molecule has 0 unspecified atom stereocenters. The van der Waals surface area contributed by atoms with Gasteiger partial charge in [0, 0.05) is 22.4 Å². The first-order chi connectivity index (χ1) is 9.16. The van der Waals surface area contributed by atoms with Crippen molar-refractivity contribution in [1.82, 2.24) is 10.2 Å². The van der Waals surface area contributed by atoms with Crippen molar-refractivity contribution in [3.63, 3.8) is 0 Å². The van der Waals surface area contributed by atoms with Gasteiger partial charge in [-0.25, -0.2) is 8.78 Å². The molecule has 0 radical (unpaired) electrons. The van der Waals surface area contributed by atoms with Crippen molar-refractivity contribution in [2.75, 3.05) is 5.73 Å². The zero-order chi connectivity index (χ0) is 13.4. The Hall–Kier alpha value is -2.56. The molecule has 0 aliphatic rings. The highest BCUT2D eigenvalue weighted by Gasteiger charge is 2.13. The lowest BCUT2D eigenvalue weighted by atomic mass is 10.0. The van der Waals surface area contributed by atoms with Crippen LogP contribution in [0.2, 0.25) is 0 Å². The van der Waals surface area contributed by atoms with Crippen molar-refractivity contribution in [2.24, 2.45) is 0 Å². The van der Waals surface area contributed by atoms with E-state index in [9.17, 15) is 8.78 Å². The summed E-state index contributed by atoms with van der Waals surface area (Å²) in [4.78, 5) is 0. The highest BCUT2D eigenvalue weighted by molar-refractivity contribution is 5.99. The Kier molecular flexibility index (Phi) is 2.59. The van der Waals surface area contributed by atoms with Crippen LogP contribution in [0.25, 0.3) is 22.0 Å². The van der Waals surface area contributed by atoms with Gasteiger partial charge in [-0.05, 0) is 12.1 Å². The van der Waals surface area contributed by atoms with Crippen LogP contribution in [0.5, 0.6) is 0 Å². The molecule has 0 saturated heterocycles. The molecular weight excluding hydrogens is 248 g/mol. The number of nitrogen functional groups attached to an aromatic ring is 1. The van der Waals surface area contributed by atoms with Crippen molar-refractivity contribution in [2.45, 2.75) is 0 Å². The van der Waals surface area contributed by atoms with E-state index in [0.29, 0.717) is 16.5 Å². The molecule has 3 aromatic rings. The molecule has 0 spiro atoms. The van der Waals surface area contributed by atoms with E-state index in [4.69, 9.17) is 5.73 Å². The van der Waals surface area contributed by atoms with Gasteiger partial charge >= 0.3 is 0 Å². The van der Waals surface area contributed by atoms with E-state index in [1.165, 1.54) is 12.1 Å². The van der Waals surface area contributed by atoms with E-state index in [-0.39, 0.29) is 11.4 Å². The Morgan fingerprint density at radius 1 is 0.895 bits per heavy atom. The molecule has 94 valence electrons. The number of rotatable bonds is 1. The minimum Gasteiger partial charge on any atom is -0.382 e. The third-order valence-electron chi connectivity index (χ3n) is 2.90. The maximum Gasteiger partial charge on any atom is 0.154 e. The van der Waals surface area contributed by atoms with E-state index in [1.807, 2.05) is 6.07 Å². The first kappa shape index (κ1) is 11.5. The number of anilines is 1. The molecule has 5 heteroatoms. The first-order valence-corrected chi connectivity index (χ1v) is 5.63. The Balaban J connectivity index is 2.34. The van der Waals surface area contributed by atoms with Crippen LogP contribution in [0.15, 0.2) is 42.5 Å². The molecule has 0 saturated carbocycles. The molecule has 3 nitrogen and oxygen atoms in total. The van der Waals surface area contributed by atoms with Gasteiger partial charge in [0.2, 0.25) is 0 Å². The van der Waals surface area contributed by atoms with Gasteiger partial charge in [0.05, 0.1) is 0 Å². The fourth-order valence-electron chi connectivity index (χ4n) is 2.01. The van der Waals surface area contributed by atoms with E-state index >= 15 is 0 Å². The van der Waals surface area contributed by atoms with Gasteiger partial charge in [-0.1, -0.05) is 24.3 Å². The van der Waals surface area contributed by atoms with Crippen molar-refractivity contribution in [3.05, 3.63) is 54.1 Å². The van der Waals surface area contributed by atoms with Gasteiger partial charge in [-0.2, -0.15) is 0 Å². The number of hydrogen-bond donors (Lipinski definition) is 1. The fraction of sp³-hybridized carbons (Fsp3) is 0. The standard InChI is InChI=1S/C14H9F2N3/c15-8-5-6-11(12(16)7-8)13-9-3-1-2-4-10(9)14(17)19-18-13/h1-7H,(H2,17,19). The fourth-order valence-corrected chi connectivity index (χ4v) is 2.01. The maximum atomic E-state index is 13.8. The van der Waals surface area contributed by atoms with Crippen LogP contribution in [0.3, 0.4) is 0 Å². The quantitative estimate of drug-likeness (QED) is 0.728. The monoisotopic (exact) mass is 257 g/mol. The van der Waals surface area contributed by atoms with Crippen LogP contribution in [-0.2, 0) is 0 Å². The number of halogens is 2. The molecule has 0 fully saturated rings. The summed E-state index contributed by atoms with van der Waals surface area (Å²) in [7, 11) is 0. The number of benzene rings is 2. The predicted octanol–water partition coefficient (Wildman–Crippen LogP) is 3.16. The zero-order valence-electron chi connectivity index (χ0n) is 9.77. The molecule has 0 aliphatic heterocycles.